The monoisotopic (exact) mass is 415 g/mol. The van der Waals surface area contributed by atoms with Crippen LogP contribution in [0.5, 0.6) is 0 Å². The number of likely N-dealkylation sites (N-methyl/N-ethyl adjacent to an activating group) is 1. The van der Waals surface area contributed by atoms with Crippen molar-refractivity contribution in [2.45, 2.75) is 25.8 Å². The molecule has 1 aliphatic rings. The fourth-order valence-corrected chi connectivity index (χ4v) is 4.30. The number of carbonyl (C=O) groups is 2. The SMILES string of the molecule is CCN(C(=O)CN1CCC(NC(=O)c2ccccc2)CC1)c1cccc2ccccc12. The topological polar surface area (TPSA) is 52.7 Å². The number of likely N-dealkylation sites (tertiary alicyclic amines) is 1. The van der Waals surface area contributed by atoms with Gasteiger partial charge in [-0.1, -0.05) is 54.6 Å². The number of anilines is 1. The summed E-state index contributed by atoms with van der Waals surface area (Å²) >= 11 is 0. The molecule has 2 amide bonds. The Morgan fingerprint density at radius 1 is 0.935 bits per heavy atom. The average molecular weight is 416 g/mol. The molecule has 0 atom stereocenters. The first-order valence-corrected chi connectivity index (χ1v) is 11.0. The summed E-state index contributed by atoms with van der Waals surface area (Å²) in [6, 6.07) is 23.7. The highest BCUT2D eigenvalue weighted by Gasteiger charge is 2.25. The number of benzene rings is 3. The Kier molecular flexibility index (Phi) is 6.63. The van der Waals surface area contributed by atoms with E-state index in [1.54, 1.807) is 0 Å². The molecule has 0 aliphatic carbocycles. The van der Waals surface area contributed by atoms with Crippen molar-refractivity contribution in [3.05, 3.63) is 78.4 Å². The Bertz CT molecular complexity index is 1040. The van der Waals surface area contributed by atoms with Gasteiger partial charge in [-0.05, 0) is 43.4 Å². The maximum absolute atomic E-state index is 13.1. The summed E-state index contributed by atoms with van der Waals surface area (Å²) in [5.74, 6) is 0.0915. The molecule has 0 unspecified atom stereocenters. The highest BCUT2D eigenvalue weighted by molar-refractivity contribution is 6.04. The highest BCUT2D eigenvalue weighted by atomic mass is 16.2. The van der Waals surface area contributed by atoms with Crippen LogP contribution in [0.4, 0.5) is 5.69 Å². The van der Waals surface area contributed by atoms with Crippen LogP contribution in [0, 0.1) is 0 Å². The fourth-order valence-electron chi connectivity index (χ4n) is 4.30. The first-order chi connectivity index (χ1) is 15.2. The molecule has 1 aliphatic heterocycles. The third kappa shape index (κ3) is 4.94. The minimum absolute atomic E-state index is 0.0248. The summed E-state index contributed by atoms with van der Waals surface area (Å²) in [7, 11) is 0. The minimum Gasteiger partial charge on any atom is -0.349 e. The molecule has 1 heterocycles. The highest BCUT2D eigenvalue weighted by Crippen LogP contribution is 2.27. The zero-order valence-electron chi connectivity index (χ0n) is 18.0. The van der Waals surface area contributed by atoms with Gasteiger partial charge in [0.05, 0.1) is 12.2 Å². The molecule has 1 N–H and O–H groups in total. The number of hydrogen-bond acceptors (Lipinski definition) is 3. The van der Waals surface area contributed by atoms with Gasteiger partial charge in [-0.25, -0.2) is 0 Å². The van der Waals surface area contributed by atoms with Gasteiger partial charge in [0, 0.05) is 36.6 Å². The molecule has 3 aromatic rings. The van der Waals surface area contributed by atoms with E-state index in [4.69, 9.17) is 0 Å². The zero-order valence-corrected chi connectivity index (χ0v) is 18.0. The summed E-state index contributed by atoms with van der Waals surface area (Å²) in [4.78, 5) is 29.6. The molecule has 0 spiro atoms. The van der Waals surface area contributed by atoms with Crippen molar-refractivity contribution in [2.75, 3.05) is 31.1 Å². The lowest BCUT2D eigenvalue weighted by atomic mass is 10.0. The average Bonchev–Trinajstić information content (AvgIpc) is 2.81. The van der Waals surface area contributed by atoms with E-state index < -0.39 is 0 Å². The number of piperidine rings is 1. The second-order valence-corrected chi connectivity index (χ2v) is 8.03. The van der Waals surface area contributed by atoms with E-state index in [1.807, 2.05) is 66.4 Å². The number of nitrogens with zero attached hydrogens (tertiary/aromatic N) is 2. The van der Waals surface area contributed by atoms with Gasteiger partial charge in [-0.15, -0.1) is 0 Å². The number of carbonyl (C=O) groups excluding carboxylic acids is 2. The molecule has 3 aromatic carbocycles. The molecule has 0 aromatic heterocycles. The third-order valence-electron chi connectivity index (χ3n) is 5.99. The van der Waals surface area contributed by atoms with Crippen molar-refractivity contribution < 1.29 is 9.59 Å². The molecule has 5 heteroatoms. The molecule has 0 radical (unpaired) electrons. The second-order valence-electron chi connectivity index (χ2n) is 8.03. The van der Waals surface area contributed by atoms with Crippen LogP contribution in [0.1, 0.15) is 30.1 Å². The lowest BCUT2D eigenvalue weighted by Crippen LogP contribution is -2.48. The summed E-state index contributed by atoms with van der Waals surface area (Å²) in [5, 5.41) is 5.37. The van der Waals surface area contributed by atoms with Gasteiger partial charge in [-0.3, -0.25) is 14.5 Å². The summed E-state index contributed by atoms with van der Waals surface area (Å²) in [5.41, 5.74) is 1.66. The van der Waals surface area contributed by atoms with Crippen LogP contribution in [-0.2, 0) is 4.79 Å². The number of nitrogens with one attached hydrogen (secondary N) is 1. The van der Waals surface area contributed by atoms with Crippen LogP contribution in [0.25, 0.3) is 10.8 Å². The van der Waals surface area contributed by atoms with Gasteiger partial charge in [0.25, 0.3) is 5.91 Å². The summed E-state index contributed by atoms with van der Waals surface area (Å²) < 4.78 is 0. The fraction of sp³-hybridized carbons (Fsp3) is 0.308. The normalized spacial score (nSPS) is 15.0. The van der Waals surface area contributed by atoms with E-state index in [1.165, 1.54) is 0 Å². The van der Waals surface area contributed by atoms with Gasteiger partial charge < -0.3 is 10.2 Å². The van der Waals surface area contributed by atoms with Crippen molar-refractivity contribution in [2.24, 2.45) is 0 Å². The number of fused-ring (bicyclic) bond motifs is 1. The Labute approximate surface area is 183 Å². The molecular formula is C26H29N3O2. The number of hydrogen-bond donors (Lipinski definition) is 1. The van der Waals surface area contributed by atoms with E-state index >= 15 is 0 Å². The van der Waals surface area contributed by atoms with E-state index in [9.17, 15) is 9.59 Å². The van der Waals surface area contributed by atoms with Gasteiger partial charge >= 0.3 is 0 Å². The number of rotatable bonds is 6. The van der Waals surface area contributed by atoms with E-state index in [-0.39, 0.29) is 17.9 Å². The van der Waals surface area contributed by atoms with Crippen molar-refractivity contribution >= 4 is 28.3 Å². The van der Waals surface area contributed by atoms with Gasteiger partial charge in [0.1, 0.15) is 0 Å². The molecule has 160 valence electrons. The molecule has 31 heavy (non-hydrogen) atoms. The van der Waals surface area contributed by atoms with Crippen molar-refractivity contribution in [1.29, 1.82) is 0 Å². The minimum atomic E-state index is -0.0248. The van der Waals surface area contributed by atoms with Crippen LogP contribution in [0.2, 0.25) is 0 Å². The van der Waals surface area contributed by atoms with Crippen LogP contribution in [0.15, 0.2) is 72.8 Å². The van der Waals surface area contributed by atoms with E-state index in [0.717, 1.165) is 42.4 Å². The largest absolute Gasteiger partial charge is 0.349 e. The molecule has 1 saturated heterocycles. The second kappa shape index (κ2) is 9.75. The van der Waals surface area contributed by atoms with Gasteiger partial charge in [-0.2, -0.15) is 0 Å². The molecule has 5 nitrogen and oxygen atoms in total. The Morgan fingerprint density at radius 2 is 1.61 bits per heavy atom. The zero-order chi connectivity index (χ0) is 21.6. The third-order valence-corrected chi connectivity index (χ3v) is 5.99. The van der Waals surface area contributed by atoms with Crippen LogP contribution in [0.3, 0.4) is 0 Å². The van der Waals surface area contributed by atoms with Crippen LogP contribution in [-0.4, -0.2) is 48.9 Å². The predicted molar refractivity (Wildman–Crippen MR) is 125 cm³/mol. The molecular weight excluding hydrogens is 386 g/mol. The maximum atomic E-state index is 13.1. The van der Waals surface area contributed by atoms with Crippen molar-refractivity contribution in [1.82, 2.24) is 10.2 Å². The number of amides is 2. The Balaban J connectivity index is 1.34. The van der Waals surface area contributed by atoms with Crippen LogP contribution >= 0.6 is 0 Å². The lowest BCUT2D eigenvalue weighted by molar-refractivity contribution is -0.120. The van der Waals surface area contributed by atoms with Crippen LogP contribution < -0.4 is 10.2 Å². The Hall–Kier alpha value is -3.18. The quantitative estimate of drug-likeness (QED) is 0.660. The van der Waals surface area contributed by atoms with Gasteiger partial charge in [0.15, 0.2) is 0 Å². The predicted octanol–water partition coefficient (Wildman–Crippen LogP) is 4.09. The smallest absolute Gasteiger partial charge is 0.251 e. The first-order valence-electron chi connectivity index (χ1n) is 11.0. The van der Waals surface area contributed by atoms with E-state index in [2.05, 4.69) is 28.4 Å². The van der Waals surface area contributed by atoms with E-state index in [0.29, 0.717) is 18.7 Å². The van der Waals surface area contributed by atoms with Crippen molar-refractivity contribution in [3.8, 4) is 0 Å². The van der Waals surface area contributed by atoms with Crippen molar-refractivity contribution in [3.63, 3.8) is 0 Å². The lowest BCUT2D eigenvalue weighted by Gasteiger charge is -2.33. The standard InChI is InChI=1S/C26H29N3O2/c1-2-29(24-14-8-12-20-9-6-7-13-23(20)24)25(30)19-28-17-15-22(16-18-28)27-26(31)21-10-4-3-5-11-21/h3-14,22H,2,15-19H2,1H3,(H,27,31). The molecule has 4 rings (SSSR count). The summed E-state index contributed by atoms with van der Waals surface area (Å²) in [6.07, 6.45) is 1.71. The summed E-state index contributed by atoms with van der Waals surface area (Å²) in [6.45, 7) is 4.66. The molecule has 1 fully saturated rings. The first kappa shape index (κ1) is 21.1. The molecule has 0 bridgehead atoms. The van der Waals surface area contributed by atoms with Gasteiger partial charge in [0.2, 0.25) is 5.91 Å². The molecule has 0 saturated carbocycles. The maximum Gasteiger partial charge on any atom is 0.251 e. The Morgan fingerprint density at radius 3 is 2.35 bits per heavy atom.